The predicted molar refractivity (Wildman–Crippen MR) is 113 cm³/mol. The van der Waals surface area contributed by atoms with Gasteiger partial charge in [-0.1, -0.05) is 12.1 Å². The van der Waals surface area contributed by atoms with E-state index < -0.39 is 22.3 Å². The number of nitrogens with zero attached hydrogens (tertiary/aromatic N) is 3. The number of hydrogen-bond acceptors (Lipinski definition) is 5. The standard InChI is InChI=1S/C22H14F2N4O4/c23-15-6-1-13(2-7-15)3-10-21(29)25-16-8-4-14(5-9-16)22-26-18-11-17(24)19(28(31)32)12-20(18)27(22)30/h1-12,30H,(H,25,29)/b10-3+. The van der Waals surface area contributed by atoms with Gasteiger partial charge in [-0.05, 0) is 48.0 Å². The number of nitro groups is 1. The molecule has 1 heterocycles. The van der Waals surface area contributed by atoms with Gasteiger partial charge in [-0.2, -0.15) is 9.12 Å². The lowest BCUT2D eigenvalue weighted by atomic mass is 10.2. The van der Waals surface area contributed by atoms with E-state index in [1.807, 2.05) is 0 Å². The van der Waals surface area contributed by atoms with Crippen molar-refractivity contribution in [3.63, 3.8) is 0 Å². The predicted octanol–water partition coefficient (Wildman–Crippen LogP) is 4.78. The molecule has 0 aliphatic rings. The second-order valence-electron chi connectivity index (χ2n) is 6.75. The molecule has 0 atom stereocenters. The van der Waals surface area contributed by atoms with E-state index in [-0.39, 0.29) is 22.7 Å². The number of carbonyl (C=O) groups is 1. The highest BCUT2D eigenvalue weighted by atomic mass is 19.1. The summed E-state index contributed by atoms with van der Waals surface area (Å²) in [5.74, 6) is -1.78. The minimum atomic E-state index is -1.06. The average molecular weight is 436 g/mol. The Balaban J connectivity index is 1.52. The molecule has 0 unspecified atom stereocenters. The summed E-state index contributed by atoms with van der Waals surface area (Å²) in [6.07, 6.45) is 2.84. The van der Waals surface area contributed by atoms with Crippen LogP contribution in [0.3, 0.4) is 0 Å². The van der Waals surface area contributed by atoms with Gasteiger partial charge in [-0.25, -0.2) is 9.37 Å². The SMILES string of the molecule is O=C(/C=C/c1ccc(F)cc1)Nc1ccc(-c2nc3cc(F)c([N+](=O)[O-])cc3n2O)cc1. The van der Waals surface area contributed by atoms with Crippen molar-refractivity contribution < 1.29 is 23.7 Å². The number of amides is 1. The molecule has 0 spiro atoms. The number of halogens is 2. The number of carbonyl (C=O) groups excluding carboxylic acids is 1. The zero-order chi connectivity index (χ0) is 22.8. The molecule has 3 aromatic carbocycles. The summed E-state index contributed by atoms with van der Waals surface area (Å²) < 4.78 is 27.4. The van der Waals surface area contributed by atoms with E-state index in [1.54, 1.807) is 24.3 Å². The van der Waals surface area contributed by atoms with Crippen LogP contribution < -0.4 is 5.32 Å². The molecule has 0 radical (unpaired) electrons. The first-order chi connectivity index (χ1) is 15.3. The van der Waals surface area contributed by atoms with E-state index in [2.05, 4.69) is 10.3 Å². The molecule has 10 heteroatoms. The Hall–Kier alpha value is -4.60. The number of hydrogen-bond donors (Lipinski definition) is 2. The van der Waals surface area contributed by atoms with Gasteiger partial charge >= 0.3 is 5.69 Å². The lowest BCUT2D eigenvalue weighted by molar-refractivity contribution is -0.387. The third kappa shape index (κ3) is 4.15. The lowest BCUT2D eigenvalue weighted by Gasteiger charge is -2.05. The maximum atomic E-state index is 13.8. The van der Waals surface area contributed by atoms with Gasteiger partial charge in [0, 0.05) is 29.5 Å². The maximum Gasteiger partial charge on any atom is 0.307 e. The van der Waals surface area contributed by atoms with Gasteiger partial charge in [-0.3, -0.25) is 14.9 Å². The van der Waals surface area contributed by atoms with Crippen LogP contribution in [0.1, 0.15) is 5.56 Å². The van der Waals surface area contributed by atoms with Crippen LogP contribution in [0, 0.1) is 21.7 Å². The highest BCUT2D eigenvalue weighted by Crippen LogP contribution is 2.29. The zero-order valence-corrected chi connectivity index (χ0v) is 16.2. The summed E-state index contributed by atoms with van der Waals surface area (Å²) in [6.45, 7) is 0. The highest BCUT2D eigenvalue weighted by Gasteiger charge is 2.20. The average Bonchev–Trinajstić information content (AvgIpc) is 3.08. The normalized spacial score (nSPS) is 11.2. The molecule has 4 rings (SSSR count). The van der Waals surface area contributed by atoms with Gasteiger partial charge in [0.15, 0.2) is 5.82 Å². The Bertz CT molecular complexity index is 1360. The van der Waals surface area contributed by atoms with E-state index in [9.17, 15) is 28.9 Å². The lowest BCUT2D eigenvalue weighted by Crippen LogP contribution is -2.07. The van der Waals surface area contributed by atoms with Crippen LogP contribution in [0.4, 0.5) is 20.2 Å². The summed E-state index contributed by atoms with van der Waals surface area (Å²) in [5, 5.41) is 23.9. The molecule has 0 saturated heterocycles. The summed E-state index contributed by atoms with van der Waals surface area (Å²) >= 11 is 0. The number of nitrogens with one attached hydrogen (secondary N) is 1. The molecule has 4 aromatic rings. The van der Waals surface area contributed by atoms with Crippen LogP contribution in [0.25, 0.3) is 28.5 Å². The topological polar surface area (TPSA) is 110 Å². The fourth-order valence-corrected chi connectivity index (χ4v) is 3.03. The first-order valence-electron chi connectivity index (χ1n) is 9.22. The molecule has 0 aliphatic carbocycles. The summed E-state index contributed by atoms with van der Waals surface area (Å²) in [6, 6.07) is 13.7. The fourth-order valence-electron chi connectivity index (χ4n) is 3.03. The Morgan fingerprint density at radius 3 is 2.44 bits per heavy atom. The molecular weight excluding hydrogens is 422 g/mol. The van der Waals surface area contributed by atoms with E-state index in [4.69, 9.17) is 0 Å². The van der Waals surface area contributed by atoms with Gasteiger partial charge in [-0.15, -0.1) is 0 Å². The Morgan fingerprint density at radius 1 is 1.09 bits per heavy atom. The molecule has 160 valence electrons. The van der Waals surface area contributed by atoms with Gasteiger partial charge in [0.25, 0.3) is 0 Å². The highest BCUT2D eigenvalue weighted by molar-refractivity contribution is 6.02. The molecular formula is C22H14F2N4O4. The number of anilines is 1. The second-order valence-corrected chi connectivity index (χ2v) is 6.75. The Morgan fingerprint density at radius 2 is 1.78 bits per heavy atom. The maximum absolute atomic E-state index is 13.8. The van der Waals surface area contributed by atoms with Gasteiger partial charge in [0.1, 0.15) is 11.3 Å². The molecule has 32 heavy (non-hydrogen) atoms. The zero-order valence-electron chi connectivity index (χ0n) is 16.2. The number of fused-ring (bicyclic) bond motifs is 1. The van der Waals surface area contributed by atoms with E-state index in [0.29, 0.717) is 21.5 Å². The van der Waals surface area contributed by atoms with Crippen molar-refractivity contribution in [2.24, 2.45) is 0 Å². The van der Waals surface area contributed by atoms with Gasteiger partial charge < -0.3 is 10.5 Å². The molecule has 0 fully saturated rings. The van der Waals surface area contributed by atoms with Crippen molar-refractivity contribution in [1.29, 1.82) is 0 Å². The summed E-state index contributed by atoms with van der Waals surface area (Å²) in [5.41, 5.74) is 0.822. The molecule has 0 saturated carbocycles. The second kappa shape index (κ2) is 8.26. The van der Waals surface area contributed by atoms with Crippen molar-refractivity contribution in [1.82, 2.24) is 9.71 Å². The molecule has 0 aliphatic heterocycles. The van der Waals surface area contributed by atoms with Crippen molar-refractivity contribution >= 4 is 34.4 Å². The third-order valence-corrected chi connectivity index (χ3v) is 4.60. The van der Waals surface area contributed by atoms with Crippen LogP contribution >= 0.6 is 0 Å². The summed E-state index contributed by atoms with van der Waals surface area (Å²) in [7, 11) is 0. The van der Waals surface area contributed by atoms with Crippen LogP contribution in [-0.2, 0) is 4.79 Å². The van der Waals surface area contributed by atoms with Crippen molar-refractivity contribution in [2.75, 3.05) is 5.32 Å². The monoisotopic (exact) mass is 436 g/mol. The molecule has 0 bridgehead atoms. The Kier molecular flexibility index (Phi) is 5.34. The quantitative estimate of drug-likeness (QED) is 0.203. The van der Waals surface area contributed by atoms with Crippen LogP contribution in [0.15, 0.2) is 66.7 Å². The minimum absolute atomic E-state index is 0.0172. The number of rotatable bonds is 5. The van der Waals surface area contributed by atoms with Gasteiger partial charge in [0.05, 0.1) is 10.4 Å². The van der Waals surface area contributed by atoms with E-state index in [1.165, 1.54) is 36.4 Å². The third-order valence-electron chi connectivity index (χ3n) is 4.60. The largest absolute Gasteiger partial charge is 0.426 e. The number of nitro benzene ring substituents is 1. The molecule has 8 nitrogen and oxygen atoms in total. The van der Waals surface area contributed by atoms with E-state index >= 15 is 0 Å². The number of imidazole rings is 1. The van der Waals surface area contributed by atoms with Crippen LogP contribution in [0.2, 0.25) is 0 Å². The number of aromatic nitrogens is 2. The van der Waals surface area contributed by atoms with Crippen molar-refractivity contribution in [3.8, 4) is 11.4 Å². The Labute approximate surface area is 179 Å². The smallest absolute Gasteiger partial charge is 0.307 e. The van der Waals surface area contributed by atoms with Crippen LogP contribution in [-0.4, -0.2) is 25.8 Å². The van der Waals surface area contributed by atoms with Gasteiger partial charge in [0.2, 0.25) is 11.7 Å². The van der Waals surface area contributed by atoms with Crippen LogP contribution in [0.5, 0.6) is 0 Å². The minimum Gasteiger partial charge on any atom is -0.426 e. The van der Waals surface area contributed by atoms with E-state index in [0.717, 1.165) is 12.1 Å². The summed E-state index contributed by atoms with van der Waals surface area (Å²) in [4.78, 5) is 26.2. The first-order valence-corrected chi connectivity index (χ1v) is 9.22. The van der Waals surface area contributed by atoms with Crippen molar-refractivity contribution in [2.45, 2.75) is 0 Å². The first kappa shape index (κ1) is 20.7. The molecule has 1 aromatic heterocycles. The molecule has 2 N–H and O–H groups in total. The molecule has 1 amide bonds. The van der Waals surface area contributed by atoms with Crippen molar-refractivity contribution in [3.05, 3.63) is 94.1 Å². The number of benzene rings is 3. The fraction of sp³-hybridized carbons (Fsp3) is 0.